The lowest BCUT2D eigenvalue weighted by Crippen LogP contribution is -2.43. The minimum Gasteiger partial charge on any atom is -0.368 e. The van der Waals surface area contributed by atoms with Crippen LogP contribution in [-0.4, -0.2) is 18.6 Å². The molecule has 1 aliphatic rings. The summed E-state index contributed by atoms with van der Waals surface area (Å²) in [7, 11) is 0. The second-order valence-electron chi connectivity index (χ2n) is 6.01. The van der Waals surface area contributed by atoms with Crippen molar-refractivity contribution in [2.45, 2.75) is 52.1 Å². The standard InChI is InChI=1S/C16H25ClN2/c1-11-5-4-8-19(13(11)3)16-10-15(17)7-6-14(16)9-12(2)18/h6-7,10-13H,4-5,8-9,18H2,1-3H3. The van der Waals surface area contributed by atoms with Gasteiger partial charge in [0, 0.05) is 29.3 Å². The summed E-state index contributed by atoms with van der Waals surface area (Å²) >= 11 is 6.20. The highest BCUT2D eigenvalue weighted by Crippen LogP contribution is 2.33. The molecule has 0 aromatic heterocycles. The van der Waals surface area contributed by atoms with E-state index in [1.165, 1.54) is 24.1 Å². The van der Waals surface area contributed by atoms with Gasteiger partial charge in [-0.3, -0.25) is 0 Å². The van der Waals surface area contributed by atoms with Gasteiger partial charge in [-0.2, -0.15) is 0 Å². The van der Waals surface area contributed by atoms with Crippen molar-refractivity contribution in [2.75, 3.05) is 11.4 Å². The zero-order valence-electron chi connectivity index (χ0n) is 12.2. The van der Waals surface area contributed by atoms with Crippen molar-refractivity contribution in [1.82, 2.24) is 0 Å². The molecule has 0 spiro atoms. The molecule has 1 fully saturated rings. The molecule has 1 aromatic carbocycles. The topological polar surface area (TPSA) is 29.3 Å². The van der Waals surface area contributed by atoms with E-state index in [9.17, 15) is 0 Å². The molecule has 1 aromatic rings. The van der Waals surface area contributed by atoms with Crippen molar-refractivity contribution in [3.05, 3.63) is 28.8 Å². The number of nitrogens with zero attached hydrogens (tertiary/aromatic N) is 1. The van der Waals surface area contributed by atoms with Gasteiger partial charge in [0.1, 0.15) is 0 Å². The van der Waals surface area contributed by atoms with Crippen molar-refractivity contribution in [3.8, 4) is 0 Å². The van der Waals surface area contributed by atoms with E-state index in [4.69, 9.17) is 17.3 Å². The number of anilines is 1. The van der Waals surface area contributed by atoms with Gasteiger partial charge in [0.25, 0.3) is 0 Å². The van der Waals surface area contributed by atoms with Crippen molar-refractivity contribution in [3.63, 3.8) is 0 Å². The maximum absolute atomic E-state index is 6.20. The number of hydrogen-bond acceptors (Lipinski definition) is 2. The van der Waals surface area contributed by atoms with E-state index in [0.717, 1.165) is 23.9 Å². The summed E-state index contributed by atoms with van der Waals surface area (Å²) in [5.74, 6) is 0.732. The molecule has 0 saturated carbocycles. The van der Waals surface area contributed by atoms with Gasteiger partial charge in [-0.1, -0.05) is 24.6 Å². The van der Waals surface area contributed by atoms with Crippen molar-refractivity contribution in [1.29, 1.82) is 0 Å². The first-order valence-electron chi connectivity index (χ1n) is 7.29. The fourth-order valence-corrected chi connectivity index (χ4v) is 3.17. The van der Waals surface area contributed by atoms with Crippen molar-refractivity contribution < 1.29 is 0 Å². The lowest BCUT2D eigenvalue weighted by molar-refractivity contribution is 0.363. The summed E-state index contributed by atoms with van der Waals surface area (Å²) in [5.41, 5.74) is 8.57. The van der Waals surface area contributed by atoms with Gasteiger partial charge in [0.2, 0.25) is 0 Å². The van der Waals surface area contributed by atoms with E-state index in [1.807, 2.05) is 6.07 Å². The fraction of sp³-hybridized carbons (Fsp3) is 0.625. The first-order valence-corrected chi connectivity index (χ1v) is 7.67. The largest absolute Gasteiger partial charge is 0.368 e. The van der Waals surface area contributed by atoms with Crippen molar-refractivity contribution in [2.24, 2.45) is 11.7 Å². The predicted octanol–water partition coefficient (Wildman–Crippen LogP) is 3.85. The molecule has 1 saturated heterocycles. The molecule has 3 heteroatoms. The molecule has 3 atom stereocenters. The molecule has 19 heavy (non-hydrogen) atoms. The Bertz CT molecular complexity index is 431. The molecule has 0 amide bonds. The van der Waals surface area contributed by atoms with Crippen LogP contribution in [0.3, 0.4) is 0 Å². The summed E-state index contributed by atoms with van der Waals surface area (Å²) in [5, 5.41) is 0.814. The minimum absolute atomic E-state index is 0.178. The minimum atomic E-state index is 0.178. The van der Waals surface area contributed by atoms with E-state index in [2.05, 4.69) is 37.8 Å². The van der Waals surface area contributed by atoms with Crippen LogP contribution in [0.4, 0.5) is 5.69 Å². The predicted molar refractivity (Wildman–Crippen MR) is 84.0 cm³/mol. The molecule has 106 valence electrons. The maximum Gasteiger partial charge on any atom is 0.0426 e. The van der Waals surface area contributed by atoms with Crippen LogP contribution >= 0.6 is 11.6 Å². The second kappa shape index (κ2) is 6.15. The molecule has 1 heterocycles. The van der Waals surface area contributed by atoms with Crippen LogP contribution in [0.15, 0.2) is 18.2 Å². The second-order valence-corrected chi connectivity index (χ2v) is 6.44. The van der Waals surface area contributed by atoms with Crippen LogP contribution in [0.5, 0.6) is 0 Å². The lowest BCUT2D eigenvalue weighted by atomic mass is 9.90. The van der Waals surface area contributed by atoms with Crippen LogP contribution < -0.4 is 10.6 Å². The first kappa shape index (κ1) is 14.7. The summed E-state index contributed by atoms with van der Waals surface area (Å²) in [6.07, 6.45) is 3.49. The van der Waals surface area contributed by atoms with E-state index >= 15 is 0 Å². The molecule has 2 rings (SSSR count). The Morgan fingerprint density at radius 1 is 1.42 bits per heavy atom. The Balaban J connectivity index is 2.33. The van der Waals surface area contributed by atoms with Crippen LogP contribution in [0.2, 0.25) is 5.02 Å². The van der Waals surface area contributed by atoms with E-state index in [0.29, 0.717) is 6.04 Å². The molecule has 1 aliphatic heterocycles. The number of halogens is 1. The molecule has 0 aliphatic carbocycles. The number of nitrogens with two attached hydrogens (primary N) is 1. The van der Waals surface area contributed by atoms with Crippen molar-refractivity contribution >= 4 is 17.3 Å². The fourth-order valence-electron chi connectivity index (χ4n) is 3.00. The summed E-state index contributed by atoms with van der Waals surface area (Å²) in [6, 6.07) is 6.96. The molecule has 0 bridgehead atoms. The van der Waals surface area contributed by atoms with E-state index < -0.39 is 0 Å². The third kappa shape index (κ3) is 3.43. The quantitative estimate of drug-likeness (QED) is 0.911. The zero-order valence-corrected chi connectivity index (χ0v) is 13.0. The van der Waals surface area contributed by atoms with Crippen LogP contribution in [-0.2, 0) is 6.42 Å². The molecular formula is C16H25ClN2. The Kier molecular flexibility index (Phi) is 4.75. The molecular weight excluding hydrogens is 256 g/mol. The highest BCUT2D eigenvalue weighted by molar-refractivity contribution is 6.30. The van der Waals surface area contributed by atoms with E-state index in [-0.39, 0.29) is 6.04 Å². The summed E-state index contributed by atoms with van der Waals surface area (Å²) in [6.45, 7) is 7.84. The highest BCUT2D eigenvalue weighted by Gasteiger charge is 2.26. The molecule has 2 N–H and O–H groups in total. The third-order valence-electron chi connectivity index (χ3n) is 4.27. The van der Waals surface area contributed by atoms with E-state index in [1.54, 1.807) is 0 Å². The van der Waals surface area contributed by atoms with Gasteiger partial charge < -0.3 is 10.6 Å². The van der Waals surface area contributed by atoms with Gasteiger partial charge in [-0.15, -0.1) is 0 Å². The average molecular weight is 281 g/mol. The lowest BCUT2D eigenvalue weighted by Gasteiger charge is -2.40. The van der Waals surface area contributed by atoms with Gasteiger partial charge in [-0.25, -0.2) is 0 Å². The molecule has 2 nitrogen and oxygen atoms in total. The van der Waals surface area contributed by atoms with Gasteiger partial charge in [0.15, 0.2) is 0 Å². The average Bonchev–Trinajstić information content (AvgIpc) is 2.35. The number of hydrogen-bond donors (Lipinski definition) is 1. The first-order chi connectivity index (χ1) is 8.99. The Morgan fingerprint density at radius 2 is 2.16 bits per heavy atom. The summed E-state index contributed by atoms with van der Waals surface area (Å²) in [4.78, 5) is 2.51. The Hall–Kier alpha value is -0.730. The normalized spacial score (nSPS) is 25.4. The summed E-state index contributed by atoms with van der Waals surface area (Å²) < 4.78 is 0. The SMILES string of the molecule is CC(N)Cc1ccc(Cl)cc1N1CCCC(C)C1C. The number of rotatable bonds is 3. The monoisotopic (exact) mass is 280 g/mol. The smallest absolute Gasteiger partial charge is 0.0426 e. The third-order valence-corrected chi connectivity index (χ3v) is 4.51. The van der Waals surface area contributed by atoms with Crippen LogP contribution in [0.1, 0.15) is 39.2 Å². The molecule has 3 unspecified atom stereocenters. The number of piperidine rings is 1. The highest BCUT2D eigenvalue weighted by atomic mass is 35.5. The van der Waals surface area contributed by atoms with Crippen LogP contribution in [0.25, 0.3) is 0 Å². The Morgan fingerprint density at radius 3 is 2.84 bits per heavy atom. The van der Waals surface area contributed by atoms with Crippen LogP contribution in [0, 0.1) is 5.92 Å². The zero-order chi connectivity index (χ0) is 14.0. The number of benzene rings is 1. The van der Waals surface area contributed by atoms with Gasteiger partial charge in [-0.05, 0) is 56.7 Å². The maximum atomic E-state index is 6.20. The molecule has 0 radical (unpaired) electrons. The Labute approximate surface area is 121 Å². The van der Waals surface area contributed by atoms with Gasteiger partial charge >= 0.3 is 0 Å². The van der Waals surface area contributed by atoms with Gasteiger partial charge in [0.05, 0.1) is 0 Å².